The molecule has 0 saturated heterocycles. The van der Waals surface area contributed by atoms with Crippen molar-refractivity contribution in [3.8, 4) is 0 Å². The second kappa shape index (κ2) is 9.84. The Morgan fingerprint density at radius 2 is 1.77 bits per heavy atom. The Balaban J connectivity index is 0.00000243. The summed E-state index contributed by atoms with van der Waals surface area (Å²) in [5.74, 6) is -0.168. The van der Waals surface area contributed by atoms with Crippen molar-refractivity contribution in [3.63, 3.8) is 0 Å². The van der Waals surface area contributed by atoms with Crippen LogP contribution in [0.15, 0.2) is 53.0 Å². The van der Waals surface area contributed by atoms with E-state index in [4.69, 9.17) is 0 Å². The fraction of sp³-hybridized carbons (Fsp3) is 0.429. The Kier molecular flexibility index (Phi) is 8.08. The number of hydrogen-bond acceptors (Lipinski definition) is 2. The van der Waals surface area contributed by atoms with Crippen LogP contribution in [0.1, 0.15) is 49.1 Å². The summed E-state index contributed by atoms with van der Waals surface area (Å²) in [6.45, 7) is 1.37. The highest BCUT2D eigenvalue weighted by molar-refractivity contribution is 9.10. The van der Waals surface area contributed by atoms with Crippen LogP contribution in [0.2, 0.25) is 0 Å². The monoisotopic (exact) mass is 441 g/mol. The van der Waals surface area contributed by atoms with Crippen LogP contribution < -0.4 is 5.32 Å². The van der Waals surface area contributed by atoms with E-state index in [1.165, 1.54) is 18.6 Å². The lowest BCUT2D eigenvalue weighted by atomic mass is 9.72. The van der Waals surface area contributed by atoms with Gasteiger partial charge in [-0.1, -0.05) is 59.5 Å². The smallest absolute Gasteiger partial charge is 0.123 e. The second-order valence-corrected chi connectivity index (χ2v) is 7.94. The highest BCUT2D eigenvalue weighted by atomic mass is 79.9. The van der Waals surface area contributed by atoms with Crippen molar-refractivity contribution in [2.75, 3.05) is 6.54 Å². The van der Waals surface area contributed by atoms with Crippen molar-refractivity contribution in [2.24, 2.45) is 0 Å². The molecular formula is C21H26BrClFNO. The first kappa shape index (κ1) is 21.4. The van der Waals surface area contributed by atoms with E-state index >= 15 is 0 Å². The third-order valence-electron chi connectivity index (χ3n) is 5.21. The standard InChI is InChI=1S/C21H25BrFNO.ClH/c22-18-6-4-5-17(13-18)20(21(25)11-2-1-3-12-21)15-24-14-16-7-9-19(23)10-8-16;/h4-10,13,20,24-25H,1-3,11-12,14-15H2;1H. The van der Waals surface area contributed by atoms with Gasteiger partial charge in [-0.2, -0.15) is 0 Å². The van der Waals surface area contributed by atoms with E-state index in [1.54, 1.807) is 12.1 Å². The first-order valence-electron chi connectivity index (χ1n) is 9.00. The number of rotatable bonds is 6. The number of aliphatic hydroxyl groups is 1. The van der Waals surface area contributed by atoms with E-state index in [1.807, 2.05) is 12.1 Å². The maximum atomic E-state index is 13.0. The molecule has 3 rings (SSSR count). The third kappa shape index (κ3) is 5.53. The summed E-state index contributed by atoms with van der Waals surface area (Å²) in [5, 5.41) is 14.8. The van der Waals surface area contributed by atoms with Crippen LogP contribution in [0.5, 0.6) is 0 Å². The Morgan fingerprint density at radius 1 is 1.08 bits per heavy atom. The van der Waals surface area contributed by atoms with E-state index in [0.29, 0.717) is 13.1 Å². The molecular weight excluding hydrogens is 417 g/mol. The lowest BCUT2D eigenvalue weighted by Crippen LogP contribution is -2.43. The molecule has 0 bridgehead atoms. The van der Waals surface area contributed by atoms with Gasteiger partial charge in [0.15, 0.2) is 0 Å². The van der Waals surface area contributed by atoms with Gasteiger partial charge in [-0.25, -0.2) is 4.39 Å². The zero-order chi connectivity index (χ0) is 17.7. The van der Waals surface area contributed by atoms with E-state index in [-0.39, 0.29) is 24.1 Å². The lowest BCUT2D eigenvalue weighted by Gasteiger charge is -2.40. The molecule has 0 spiro atoms. The van der Waals surface area contributed by atoms with Crippen LogP contribution >= 0.6 is 28.3 Å². The molecule has 2 aromatic carbocycles. The van der Waals surface area contributed by atoms with Crippen molar-refractivity contribution in [2.45, 2.75) is 50.2 Å². The molecule has 26 heavy (non-hydrogen) atoms. The number of benzene rings is 2. The van der Waals surface area contributed by atoms with Crippen LogP contribution in [0.25, 0.3) is 0 Å². The van der Waals surface area contributed by atoms with E-state index in [0.717, 1.165) is 41.3 Å². The van der Waals surface area contributed by atoms with Gasteiger partial charge in [0.2, 0.25) is 0 Å². The van der Waals surface area contributed by atoms with Gasteiger partial charge in [0, 0.05) is 23.5 Å². The molecule has 0 radical (unpaired) electrons. The van der Waals surface area contributed by atoms with Crippen molar-refractivity contribution < 1.29 is 9.50 Å². The third-order valence-corrected chi connectivity index (χ3v) is 5.70. The molecule has 0 aliphatic heterocycles. The molecule has 1 fully saturated rings. The van der Waals surface area contributed by atoms with Gasteiger partial charge in [-0.3, -0.25) is 0 Å². The van der Waals surface area contributed by atoms with Crippen LogP contribution in [-0.2, 0) is 6.54 Å². The largest absolute Gasteiger partial charge is 0.389 e. The molecule has 2 aromatic rings. The number of hydrogen-bond donors (Lipinski definition) is 2. The molecule has 0 heterocycles. The first-order valence-corrected chi connectivity index (χ1v) is 9.79. The van der Waals surface area contributed by atoms with Gasteiger partial charge in [0.05, 0.1) is 5.60 Å². The molecule has 0 aromatic heterocycles. The average Bonchev–Trinajstić information content (AvgIpc) is 2.61. The highest BCUT2D eigenvalue weighted by Gasteiger charge is 2.38. The number of nitrogens with one attached hydrogen (secondary N) is 1. The predicted octanol–water partition coefficient (Wildman–Crippen LogP) is 5.58. The Bertz CT molecular complexity index is 689. The fourth-order valence-electron chi connectivity index (χ4n) is 3.82. The first-order chi connectivity index (χ1) is 12.1. The molecule has 1 aliphatic rings. The van der Waals surface area contributed by atoms with E-state index in [2.05, 4.69) is 33.4 Å². The van der Waals surface area contributed by atoms with Crippen LogP contribution in [-0.4, -0.2) is 17.3 Å². The van der Waals surface area contributed by atoms with Crippen molar-refractivity contribution in [1.29, 1.82) is 0 Å². The summed E-state index contributed by atoms with van der Waals surface area (Å²) >= 11 is 3.55. The zero-order valence-electron chi connectivity index (χ0n) is 14.8. The molecule has 1 saturated carbocycles. The minimum absolute atomic E-state index is 0. The highest BCUT2D eigenvalue weighted by Crippen LogP contribution is 2.40. The van der Waals surface area contributed by atoms with Crippen molar-refractivity contribution in [1.82, 2.24) is 5.32 Å². The predicted molar refractivity (Wildman–Crippen MR) is 110 cm³/mol. The minimum atomic E-state index is -0.658. The maximum absolute atomic E-state index is 13.0. The van der Waals surface area contributed by atoms with Gasteiger partial charge in [0.25, 0.3) is 0 Å². The minimum Gasteiger partial charge on any atom is -0.389 e. The number of halogens is 3. The second-order valence-electron chi connectivity index (χ2n) is 7.03. The topological polar surface area (TPSA) is 32.3 Å². The molecule has 1 atom stereocenters. The summed E-state index contributed by atoms with van der Waals surface area (Å²) in [6.07, 6.45) is 5.07. The Morgan fingerprint density at radius 3 is 2.42 bits per heavy atom. The van der Waals surface area contributed by atoms with Crippen molar-refractivity contribution >= 4 is 28.3 Å². The molecule has 1 aliphatic carbocycles. The van der Waals surface area contributed by atoms with Crippen LogP contribution in [0, 0.1) is 5.82 Å². The van der Waals surface area contributed by atoms with Crippen LogP contribution in [0.4, 0.5) is 4.39 Å². The summed E-state index contributed by atoms with van der Waals surface area (Å²) in [5.41, 5.74) is 1.55. The maximum Gasteiger partial charge on any atom is 0.123 e. The normalized spacial score (nSPS) is 17.3. The SMILES string of the molecule is Cl.OC1(C(CNCc2ccc(F)cc2)c2cccc(Br)c2)CCCCC1. The average molecular weight is 443 g/mol. The molecule has 142 valence electrons. The Hall–Kier alpha value is -0.940. The quantitative estimate of drug-likeness (QED) is 0.612. The molecule has 0 amide bonds. The molecule has 2 N–H and O–H groups in total. The van der Waals surface area contributed by atoms with Gasteiger partial charge >= 0.3 is 0 Å². The lowest BCUT2D eigenvalue weighted by molar-refractivity contribution is -0.0216. The van der Waals surface area contributed by atoms with Gasteiger partial charge in [-0.05, 0) is 48.2 Å². The van der Waals surface area contributed by atoms with Crippen LogP contribution in [0.3, 0.4) is 0 Å². The zero-order valence-corrected chi connectivity index (χ0v) is 17.2. The summed E-state index contributed by atoms with van der Waals surface area (Å²) in [6, 6.07) is 14.8. The van der Waals surface area contributed by atoms with Gasteiger partial charge in [0.1, 0.15) is 5.82 Å². The Labute approximate surface area is 169 Å². The van der Waals surface area contributed by atoms with Crippen molar-refractivity contribution in [3.05, 3.63) is 69.9 Å². The molecule has 1 unspecified atom stereocenters. The van der Waals surface area contributed by atoms with Gasteiger partial charge in [-0.15, -0.1) is 12.4 Å². The summed E-state index contributed by atoms with van der Waals surface area (Å²) < 4.78 is 14.1. The molecule has 2 nitrogen and oxygen atoms in total. The van der Waals surface area contributed by atoms with E-state index in [9.17, 15) is 9.50 Å². The van der Waals surface area contributed by atoms with E-state index < -0.39 is 5.60 Å². The fourth-order valence-corrected chi connectivity index (χ4v) is 4.23. The molecule has 5 heteroatoms. The summed E-state index contributed by atoms with van der Waals surface area (Å²) in [4.78, 5) is 0. The summed E-state index contributed by atoms with van der Waals surface area (Å²) in [7, 11) is 0. The van der Waals surface area contributed by atoms with Gasteiger partial charge < -0.3 is 10.4 Å².